The summed E-state index contributed by atoms with van der Waals surface area (Å²) in [5.74, 6) is 0.330. The molecule has 0 spiro atoms. The number of aromatic nitrogens is 2. The lowest BCUT2D eigenvalue weighted by Crippen LogP contribution is -2.62. The average molecular weight is 510 g/mol. The first kappa shape index (κ1) is 23.6. The summed E-state index contributed by atoms with van der Waals surface area (Å²) in [4.78, 5) is 38.6. The molecule has 10 heteroatoms. The molecule has 1 unspecified atom stereocenters. The molecule has 2 aromatic carbocycles. The van der Waals surface area contributed by atoms with Gasteiger partial charge < -0.3 is 20.2 Å². The van der Waals surface area contributed by atoms with Crippen molar-refractivity contribution in [3.8, 4) is 0 Å². The van der Waals surface area contributed by atoms with E-state index in [0.29, 0.717) is 35.4 Å². The van der Waals surface area contributed by atoms with E-state index in [1.807, 2.05) is 42.5 Å². The molecule has 3 heterocycles. The van der Waals surface area contributed by atoms with E-state index in [-0.39, 0.29) is 12.5 Å². The largest absolute Gasteiger partial charge is 0.383 e. The van der Waals surface area contributed by atoms with Crippen LogP contribution in [0.4, 0.5) is 5.82 Å². The zero-order valence-corrected chi connectivity index (χ0v) is 20.6. The minimum atomic E-state index is -0.511. The number of halogens is 1. The van der Waals surface area contributed by atoms with Crippen molar-refractivity contribution in [3.63, 3.8) is 0 Å². The van der Waals surface area contributed by atoms with Gasteiger partial charge >= 0.3 is 0 Å². The zero-order chi connectivity index (χ0) is 24.5. The molecule has 0 radical (unpaired) electrons. The maximum atomic E-state index is 13.5. The Bertz CT molecular complexity index is 1410. The number of amides is 1. The van der Waals surface area contributed by atoms with E-state index in [1.165, 1.54) is 17.7 Å². The minimum absolute atomic E-state index is 0.103. The number of nitrogens with zero attached hydrogens (tertiary/aromatic N) is 4. The third-order valence-corrected chi connectivity index (χ3v) is 7.71. The Morgan fingerprint density at radius 3 is 2.89 bits per heavy atom. The topological polar surface area (TPSA) is 102 Å². The third-order valence-electron chi connectivity index (χ3n) is 6.39. The summed E-state index contributed by atoms with van der Waals surface area (Å²) in [5.41, 5.74) is 7.70. The molecule has 0 bridgehead atoms. The molecule has 1 fully saturated rings. The number of benzene rings is 2. The fraction of sp³-hybridized carbons (Fsp3) is 0.280. The quantitative estimate of drug-likeness (QED) is 0.396. The highest BCUT2D eigenvalue weighted by Gasteiger charge is 2.39. The van der Waals surface area contributed by atoms with Crippen LogP contribution in [-0.2, 0) is 16.1 Å². The molecule has 1 aliphatic heterocycles. The number of ether oxygens (including phenoxy) is 1. The number of rotatable bonds is 6. The zero-order valence-electron chi connectivity index (χ0n) is 19.1. The Kier molecular flexibility index (Phi) is 6.66. The number of piperazine rings is 1. The lowest BCUT2D eigenvalue weighted by molar-refractivity contribution is -0.118. The van der Waals surface area contributed by atoms with Gasteiger partial charge in [0.15, 0.2) is 0 Å². The van der Waals surface area contributed by atoms with Crippen molar-refractivity contribution in [2.24, 2.45) is 0 Å². The lowest BCUT2D eigenvalue weighted by Gasteiger charge is -2.45. The van der Waals surface area contributed by atoms with Crippen LogP contribution in [0.15, 0.2) is 48.8 Å². The van der Waals surface area contributed by atoms with Crippen LogP contribution < -0.4 is 5.73 Å². The third kappa shape index (κ3) is 4.60. The molecule has 1 aliphatic rings. The van der Waals surface area contributed by atoms with E-state index < -0.39 is 12.1 Å². The predicted molar refractivity (Wildman–Crippen MR) is 138 cm³/mol. The second-order valence-corrected chi connectivity index (χ2v) is 10.0. The average Bonchev–Trinajstić information content (AvgIpc) is 3.27. The number of aldehydes is 1. The highest BCUT2D eigenvalue weighted by atomic mass is 35.5. The first-order valence-corrected chi connectivity index (χ1v) is 12.4. The maximum Gasteiger partial charge on any atom is 0.264 e. The van der Waals surface area contributed by atoms with Gasteiger partial charge in [0.1, 0.15) is 18.4 Å². The molecule has 5 rings (SSSR count). The van der Waals surface area contributed by atoms with Crippen molar-refractivity contribution in [3.05, 3.63) is 64.3 Å². The predicted octanol–water partition coefficient (Wildman–Crippen LogP) is 3.62. The molecule has 0 saturated carbocycles. The first-order valence-electron chi connectivity index (χ1n) is 11.2. The summed E-state index contributed by atoms with van der Waals surface area (Å²) in [6.45, 7) is 1.82. The lowest BCUT2D eigenvalue weighted by atomic mass is 10.0. The number of anilines is 1. The number of hydrogen-bond donors (Lipinski definition) is 1. The van der Waals surface area contributed by atoms with Crippen LogP contribution in [-0.4, -0.2) is 70.9 Å². The highest BCUT2D eigenvalue weighted by molar-refractivity contribution is 7.20. The van der Waals surface area contributed by atoms with E-state index in [0.717, 1.165) is 32.8 Å². The number of carbonyl (C=O) groups is 2. The number of fused-ring (bicyclic) bond motifs is 2. The summed E-state index contributed by atoms with van der Waals surface area (Å²) < 4.78 is 6.40. The van der Waals surface area contributed by atoms with Gasteiger partial charge in [0.05, 0.1) is 29.1 Å². The molecule has 2 aromatic heterocycles. The van der Waals surface area contributed by atoms with E-state index in [2.05, 4.69) is 14.9 Å². The Hall–Kier alpha value is -3.11. The van der Waals surface area contributed by atoms with Crippen molar-refractivity contribution in [1.29, 1.82) is 0 Å². The van der Waals surface area contributed by atoms with Gasteiger partial charge in [-0.2, -0.15) is 0 Å². The van der Waals surface area contributed by atoms with E-state index in [4.69, 9.17) is 22.1 Å². The minimum Gasteiger partial charge on any atom is -0.383 e. The van der Waals surface area contributed by atoms with Crippen LogP contribution in [0, 0.1) is 0 Å². The molecule has 1 saturated heterocycles. The Morgan fingerprint density at radius 2 is 2.09 bits per heavy atom. The fourth-order valence-electron chi connectivity index (χ4n) is 4.66. The molecule has 8 nitrogen and oxygen atoms in total. The normalized spacial score (nSPS) is 18.9. The SMILES string of the molecule is COC[C@@H]1C(C=O)N(Cc2ccc3c(N)ncnc3c2)CCN1C(=O)c1cc2ccc(Cl)cc2s1. The van der Waals surface area contributed by atoms with Crippen LogP contribution in [0.3, 0.4) is 0 Å². The van der Waals surface area contributed by atoms with Crippen molar-refractivity contribution in [2.45, 2.75) is 18.6 Å². The van der Waals surface area contributed by atoms with Gasteiger partial charge in [-0.05, 0) is 41.3 Å². The smallest absolute Gasteiger partial charge is 0.264 e. The van der Waals surface area contributed by atoms with Gasteiger partial charge in [0.2, 0.25) is 0 Å². The number of carbonyl (C=O) groups excluding carboxylic acids is 2. The van der Waals surface area contributed by atoms with Gasteiger partial charge in [0.25, 0.3) is 5.91 Å². The summed E-state index contributed by atoms with van der Waals surface area (Å²) in [6.07, 6.45) is 2.35. The number of nitrogens with two attached hydrogens (primary N) is 1. The Morgan fingerprint density at radius 1 is 1.23 bits per heavy atom. The van der Waals surface area contributed by atoms with Crippen molar-refractivity contribution >= 4 is 61.9 Å². The summed E-state index contributed by atoms with van der Waals surface area (Å²) in [7, 11) is 1.58. The molecular formula is C25H24ClN5O3S. The van der Waals surface area contributed by atoms with Crippen LogP contribution in [0.25, 0.3) is 21.0 Å². The molecule has 2 atom stereocenters. The van der Waals surface area contributed by atoms with Crippen molar-refractivity contribution in [1.82, 2.24) is 19.8 Å². The second-order valence-electron chi connectivity index (χ2n) is 8.52. The van der Waals surface area contributed by atoms with Crippen molar-refractivity contribution < 1.29 is 14.3 Å². The van der Waals surface area contributed by atoms with E-state index in [1.54, 1.807) is 12.0 Å². The molecule has 35 heavy (non-hydrogen) atoms. The standard InChI is InChI=1S/C25H24ClN5O3S/c1-34-13-21-20(12-32)30(11-15-2-5-18-19(8-15)28-14-29-24(18)27)6-7-31(21)25(33)23-9-16-3-4-17(26)10-22(16)35-23/h2-5,8-10,12,14,20-21H,6-7,11,13H2,1H3,(H2,27,28,29)/t20?,21-/m1/s1. The summed E-state index contributed by atoms with van der Waals surface area (Å²) in [5, 5.41) is 2.39. The maximum absolute atomic E-state index is 13.5. The molecule has 2 N–H and O–H groups in total. The van der Waals surface area contributed by atoms with Crippen LogP contribution >= 0.6 is 22.9 Å². The monoisotopic (exact) mass is 509 g/mol. The van der Waals surface area contributed by atoms with E-state index in [9.17, 15) is 9.59 Å². The number of methoxy groups -OCH3 is 1. The number of nitrogen functional groups attached to an aromatic ring is 1. The molecule has 180 valence electrons. The number of thiophene rings is 1. The molecule has 1 amide bonds. The van der Waals surface area contributed by atoms with Gasteiger partial charge in [0, 0.05) is 41.9 Å². The van der Waals surface area contributed by atoms with Crippen LogP contribution in [0.2, 0.25) is 5.02 Å². The first-order chi connectivity index (χ1) is 17.0. The van der Waals surface area contributed by atoms with Gasteiger partial charge in [-0.1, -0.05) is 23.7 Å². The molecular weight excluding hydrogens is 486 g/mol. The number of hydrogen-bond acceptors (Lipinski definition) is 8. The fourth-order valence-corrected chi connectivity index (χ4v) is 5.95. The Balaban J connectivity index is 1.40. The molecule has 4 aromatic rings. The van der Waals surface area contributed by atoms with Crippen molar-refractivity contribution in [2.75, 3.05) is 32.5 Å². The van der Waals surface area contributed by atoms with Crippen LogP contribution in [0.1, 0.15) is 15.2 Å². The Labute approximate surface area is 211 Å². The summed E-state index contributed by atoms with van der Waals surface area (Å²) in [6, 6.07) is 12.4. The van der Waals surface area contributed by atoms with Gasteiger partial charge in [-0.25, -0.2) is 9.97 Å². The summed E-state index contributed by atoms with van der Waals surface area (Å²) >= 11 is 7.53. The van der Waals surface area contributed by atoms with Crippen LogP contribution in [0.5, 0.6) is 0 Å². The molecule has 0 aliphatic carbocycles. The van der Waals surface area contributed by atoms with Gasteiger partial charge in [-0.15, -0.1) is 11.3 Å². The van der Waals surface area contributed by atoms with E-state index >= 15 is 0 Å². The second kappa shape index (κ2) is 9.87. The highest BCUT2D eigenvalue weighted by Crippen LogP contribution is 2.31. The van der Waals surface area contributed by atoms with Gasteiger partial charge in [-0.3, -0.25) is 9.69 Å².